The molecular formula is C16H23N3O3. The fraction of sp³-hybridized carbons (Fsp3) is 0.500. The Morgan fingerprint density at radius 2 is 2.09 bits per heavy atom. The van der Waals surface area contributed by atoms with E-state index in [1.807, 2.05) is 36.2 Å². The number of carbonyl (C=O) groups excluding carboxylic acids is 2. The summed E-state index contributed by atoms with van der Waals surface area (Å²) in [4.78, 5) is 27.8. The molecule has 6 nitrogen and oxygen atoms in total. The van der Waals surface area contributed by atoms with Gasteiger partial charge in [0.1, 0.15) is 5.75 Å². The maximum Gasteiger partial charge on any atom is 0.227 e. The van der Waals surface area contributed by atoms with Crippen LogP contribution in [-0.4, -0.2) is 62.0 Å². The number of methoxy groups -OCH3 is 1. The molecule has 1 fully saturated rings. The number of nitrogens with two attached hydrogens (primary N) is 1. The Morgan fingerprint density at radius 3 is 2.77 bits per heavy atom. The third kappa shape index (κ3) is 4.21. The number of likely N-dealkylation sites (N-methyl/N-ethyl adjacent to an activating group) is 1. The Hall–Kier alpha value is -2.08. The SMILES string of the molecule is COc1cccc(CC(=O)N2CCN(C)C[C@H](C(N)=O)C2)c1. The van der Waals surface area contributed by atoms with E-state index in [9.17, 15) is 9.59 Å². The molecule has 2 N–H and O–H groups in total. The molecule has 0 unspecified atom stereocenters. The van der Waals surface area contributed by atoms with Crippen molar-refractivity contribution in [2.75, 3.05) is 40.3 Å². The molecule has 0 spiro atoms. The molecule has 0 bridgehead atoms. The van der Waals surface area contributed by atoms with Crippen molar-refractivity contribution in [2.45, 2.75) is 6.42 Å². The minimum Gasteiger partial charge on any atom is -0.497 e. The molecule has 1 aromatic carbocycles. The monoisotopic (exact) mass is 305 g/mol. The van der Waals surface area contributed by atoms with Gasteiger partial charge in [0.25, 0.3) is 0 Å². The van der Waals surface area contributed by atoms with Gasteiger partial charge in [0.05, 0.1) is 19.4 Å². The molecule has 6 heteroatoms. The second-order valence-electron chi connectivity index (χ2n) is 5.73. The molecular weight excluding hydrogens is 282 g/mol. The van der Waals surface area contributed by atoms with Gasteiger partial charge in [-0.2, -0.15) is 0 Å². The van der Waals surface area contributed by atoms with Gasteiger partial charge in [-0.1, -0.05) is 12.1 Å². The van der Waals surface area contributed by atoms with Crippen LogP contribution in [0, 0.1) is 5.92 Å². The van der Waals surface area contributed by atoms with E-state index in [1.54, 1.807) is 12.0 Å². The van der Waals surface area contributed by atoms with Crippen LogP contribution in [0.5, 0.6) is 5.75 Å². The van der Waals surface area contributed by atoms with Crippen LogP contribution in [0.2, 0.25) is 0 Å². The molecule has 1 aromatic rings. The molecule has 22 heavy (non-hydrogen) atoms. The van der Waals surface area contributed by atoms with Crippen LogP contribution in [-0.2, 0) is 16.0 Å². The van der Waals surface area contributed by atoms with Gasteiger partial charge in [-0.15, -0.1) is 0 Å². The third-order valence-corrected chi connectivity index (χ3v) is 3.97. The lowest BCUT2D eigenvalue weighted by molar-refractivity contribution is -0.131. The molecule has 1 aliphatic rings. The Kier molecular flexibility index (Phi) is 5.38. The number of primary amides is 1. The van der Waals surface area contributed by atoms with Crippen LogP contribution in [0.15, 0.2) is 24.3 Å². The minimum absolute atomic E-state index is 0.00908. The van der Waals surface area contributed by atoms with E-state index in [1.165, 1.54) is 0 Å². The number of nitrogens with zero attached hydrogens (tertiary/aromatic N) is 2. The summed E-state index contributed by atoms with van der Waals surface area (Å²) >= 11 is 0. The Labute approximate surface area is 130 Å². The predicted octanol–water partition coefficient (Wildman–Crippen LogP) is 0.113. The summed E-state index contributed by atoms with van der Waals surface area (Å²) in [7, 11) is 3.54. The zero-order chi connectivity index (χ0) is 16.1. The van der Waals surface area contributed by atoms with Crippen molar-refractivity contribution >= 4 is 11.8 Å². The van der Waals surface area contributed by atoms with Crippen LogP contribution >= 0.6 is 0 Å². The largest absolute Gasteiger partial charge is 0.497 e. The molecule has 0 aromatic heterocycles. The zero-order valence-electron chi connectivity index (χ0n) is 13.1. The van der Waals surface area contributed by atoms with E-state index >= 15 is 0 Å². The van der Waals surface area contributed by atoms with Crippen LogP contribution in [0.3, 0.4) is 0 Å². The topological polar surface area (TPSA) is 75.9 Å². The lowest BCUT2D eigenvalue weighted by atomic mass is 10.1. The van der Waals surface area contributed by atoms with Crippen molar-refractivity contribution in [3.05, 3.63) is 29.8 Å². The first kappa shape index (κ1) is 16.3. The maximum atomic E-state index is 12.5. The summed E-state index contributed by atoms with van der Waals surface area (Å²) < 4.78 is 5.17. The number of rotatable bonds is 4. The number of amides is 2. The molecule has 1 aliphatic heterocycles. The summed E-state index contributed by atoms with van der Waals surface area (Å²) in [6, 6.07) is 7.46. The highest BCUT2D eigenvalue weighted by molar-refractivity contribution is 5.81. The Bertz CT molecular complexity index is 547. The lowest BCUT2D eigenvalue weighted by Gasteiger charge is -2.22. The molecule has 0 saturated carbocycles. The number of hydrogen-bond acceptors (Lipinski definition) is 4. The van der Waals surface area contributed by atoms with Crippen LogP contribution < -0.4 is 10.5 Å². The van der Waals surface area contributed by atoms with E-state index in [-0.39, 0.29) is 17.7 Å². The van der Waals surface area contributed by atoms with Crippen molar-refractivity contribution in [1.29, 1.82) is 0 Å². The number of ether oxygens (including phenoxy) is 1. The zero-order valence-corrected chi connectivity index (χ0v) is 13.1. The van der Waals surface area contributed by atoms with E-state index in [2.05, 4.69) is 0 Å². The van der Waals surface area contributed by atoms with Gasteiger partial charge in [-0.3, -0.25) is 9.59 Å². The maximum absolute atomic E-state index is 12.5. The summed E-state index contributed by atoms with van der Waals surface area (Å²) in [5.41, 5.74) is 6.33. The highest BCUT2D eigenvalue weighted by Crippen LogP contribution is 2.15. The second-order valence-corrected chi connectivity index (χ2v) is 5.73. The van der Waals surface area contributed by atoms with Gasteiger partial charge in [0.2, 0.25) is 11.8 Å². The van der Waals surface area contributed by atoms with Crippen molar-refractivity contribution in [3.8, 4) is 5.75 Å². The van der Waals surface area contributed by atoms with Crippen LogP contribution in [0.25, 0.3) is 0 Å². The van der Waals surface area contributed by atoms with E-state index in [0.29, 0.717) is 26.1 Å². The molecule has 0 aliphatic carbocycles. The molecule has 1 saturated heterocycles. The van der Waals surface area contributed by atoms with E-state index in [0.717, 1.165) is 17.9 Å². The third-order valence-electron chi connectivity index (χ3n) is 3.97. The first-order chi connectivity index (χ1) is 10.5. The fourth-order valence-electron chi connectivity index (χ4n) is 2.65. The van der Waals surface area contributed by atoms with Crippen molar-refractivity contribution in [2.24, 2.45) is 11.7 Å². The van der Waals surface area contributed by atoms with Gasteiger partial charge in [0.15, 0.2) is 0 Å². The molecule has 2 rings (SSSR count). The van der Waals surface area contributed by atoms with Gasteiger partial charge in [0, 0.05) is 26.2 Å². The summed E-state index contributed by atoms with van der Waals surface area (Å²) in [6.45, 7) is 2.34. The molecule has 0 radical (unpaired) electrons. The highest BCUT2D eigenvalue weighted by Gasteiger charge is 2.27. The molecule has 2 amide bonds. The Balaban J connectivity index is 2.05. The van der Waals surface area contributed by atoms with Crippen LogP contribution in [0.4, 0.5) is 0 Å². The standard InChI is InChI=1S/C16H23N3O3/c1-18-6-7-19(11-13(10-18)16(17)21)15(20)9-12-4-3-5-14(8-12)22-2/h3-5,8,13H,6-7,9-11H2,1-2H3,(H2,17,21)/t13-/m0/s1. The Morgan fingerprint density at radius 1 is 1.32 bits per heavy atom. The van der Waals surface area contributed by atoms with Crippen molar-refractivity contribution < 1.29 is 14.3 Å². The number of benzene rings is 1. The molecule has 1 atom stereocenters. The van der Waals surface area contributed by atoms with Crippen molar-refractivity contribution in [1.82, 2.24) is 9.80 Å². The lowest BCUT2D eigenvalue weighted by Crippen LogP contribution is -2.40. The number of hydrogen-bond donors (Lipinski definition) is 1. The number of carbonyl (C=O) groups is 2. The summed E-state index contributed by atoms with van der Waals surface area (Å²) in [5, 5.41) is 0. The summed E-state index contributed by atoms with van der Waals surface area (Å²) in [6.07, 6.45) is 0.298. The normalized spacial score (nSPS) is 19.5. The van der Waals surface area contributed by atoms with Crippen molar-refractivity contribution in [3.63, 3.8) is 0 Å². The van der Waals surface area contributed by atoms with Gasteiger partial charge in [-0.25, -0.2) is 0 Å². The molecule has 1 heterocycles. The quantitative estimate of drug-likeness (QED) is 0.857. The average Bonchev–Trinajstić information content (AvgIpc) is 2.69. The van der Waals surface area contributed by atoms with E-state index < -0.39 is 0 Å². The van der Waals surface area contributed by atoms with Gasteiger partial charge < -0.3 is 20.3 Å². The second kappa shape index (κ2) is 7.26. The van der Waals surface area contributed by atoms with E-state index in [4.69, 9.17) is 10.5 Å². The highest BCUT2D eigenvalue weighted by atomic mass is 16.5. The first-order valence-corrected chi connectivity index (χ1v) is 7.38. The average molecular weight is 305 g/mol. The van der Waals surface area contributed by atoms with Crippen LogP contribution in [0.1, 0.15) is 5.56 Å². The summed E-state index contributed by atoms with van der Waals surface area (Å²) in [5.74, 6) is 0.0698. The first-order valence-electron chi connectivity index (χ1n) is 7.38. The van der Waals surface area contributed by atoms with Gasteiger partial charge >= 0.3 is 0 Å². The van der Waals surface area contributed by atoms with Gasteiger partial charge in [-0.05, 0) is 24.7 Å². The minimum atomic E-state index is -0.354. The smallest absolute Gasteiger partial charge is 0.227 e. The fourth-order valence-corrected chi connectivity index (χ4v) is 2.65. The molecule has 120 valence electrons. The predicted molar refractivity (Wildman–Crippen MR) is 83.5 cm³/mol.